The smallest absolute Gasteiger partial charge is 0.274 e. The zero-order valence-electron chi connectivity index (χ0n) is 14.1. The second-order valence-electron chi connectivity index (χ2n) is 5.44. The number of aryl methyl sites for hydroxylation is 1. The Morgan fingerprint density at radius 3 is 2.61 bits per heavy atom. The molecule has 0 aromatic carbocycles. The third kappa shape index (κ3) is 4.99. The molecule has 9 nitrogen and oxygen atoms in total. The van der Waals surface area contributed by atoms with Gasteiger partial charge in [0.1, 0.15) is 0 Å². The molecule has 4 N–H and O–H groups in total. The van der Waals surface area contributed by atoms with Gasteiger partial charge in [-0.2, -0.15) is 0 Å². The van der Waals surface area contributed by atoms with Crippen molar-refractivity contribution in [2.45, 2.75) is 12.8 Å². The zero-order valence-corrected chi connectivity index (χ0v) is 14.1. The van der Waals surface area contributed by atoms with E-state index in [0.29, 0.717) is 43.0 Å². The summed E-state index contributed by atoms with van der Waals surface area (Å²) < 4.78 is 1.60. The van der Waals surface area contributed by atoms with E-state index in [1.165, 1.54) is 16.2 Å². The van der Waals surface area contributed by atoms with Crippen LogP contribution in [0.4, 0.5) is 5.82 Å². The van der Waals surface area contributed by atoms with Crippen LogP contribution in [0.1, 0.15) is 23.3 Å². The van der Waals surface area contributed by atoms with Gasteiger partial charge in [-0.3, -0.25) is 9.59 Å². The number of hydrogen-bond donors (Lipinski definition) is 2. The number of anilines is 1. The summed E-state index contributed by atoms with van der Waals surface area (Å²) in [6, 6.07) is 0. The van der Waals surface area contributed by atoms with Gasteiger partial charge in [-0.05, 0) is 12.8 Å². The number of hydrogen-bond acceptors (Lipinski definition) is 6. The number of carbonyl (C=O) groups is 2. The van der Waals surface area contributed by atoms with Crippen LogP contribution in [0.25, 0.3) is 0 Å². The van der Waals surface area contributed by atoms with Crippen LogP contribution in [-0.2, 0) is 11.8 Å². The fourth-order valence-corrected chi connectivity index (χ4v) is 2.10. The lowest BCUT2D eigenvalue weighted by atomic mass is 10.2. The number of nitrogens with two attached hydrogens (primary N) is 2. The number of hydrazine groups is 1. The summed E-state index contributed by atoms with van der Waals surface area (Å²) in [4.78, 5) is 30.4. The van der Waals surface area contributed by atoms with Gasteiger partial charge in [0, 0.05) is 46.6 Å². The van der Waals surface area contributed by atoms with Crippen LogP contribution in [0.3, 0.4) is 0 Å². The van der Waals surface area contributed by atoms with Gasteiger partial charge in [0.05, 0.1) is 6.33 Å². The molecule has 0 aliphatic carbocycles. The van der Waals surface area contributed by atoms with Gasteiger partial charge in [-0.15, -0.1) is 0 Å². The zero-order chi connectivity index (χ0) is 17.6. The van der Waals surface area contributed by atoms with E-state index in [-0.39, 0.29) is 5.91 Å². The lowest BCUT2D eigenvalue weighted by Crippen LogP contribution is -2.31. The third-order valence-corrected chi connectivity index (χ3v) is 3.29. The normalized spacial score (nSPS) is 11.3. The molecule has 23 heavy (non-hydrogen) atoms. The van der Waals surface area contributed by atoms with Crippen molar-refractivity contribution < 1.29 is 9.59 Å². The van der Waals surface area contributed by atoms with Crippen molar-refractivity contribution in [3.05, 3.63) is 23.9 Å². The number of carbonyl (C=O) groups excluding carboxylic acids is 2. The van der Waals surface area contributed by atoms with Crippen molar-refractivity contribution in [2.75, 3.05) is 32.6 Å². The minimum atomic E-state index is -0.202. The predicted octanol–water partition coefficient (Wildman–Crippen LogP) is -0.529. The fourth-order valence-electron chi connectivity index (χ4n) is 2.10. The van der Waals surface area contributed by atoms with Crippen molar-refractivity contribution in [3.8, 4) is 0 Å². The summed E-state index contributed by atoms with van der Waals surface area (Å²) in [5.41, 5.74) is 6.83. The van der Waals surface area contributed by atoms with Crippen molar-refractivity contribution in [3.63, 3.8) is 0 Å². The standard InChI is InChI=1S/C14H25N7O2/c1-18(7-5-6-11(15)8-21(4)16)14(23)12-13(20(3)10-22)17-9-19(12)2/h8-10H,5-7,15-16H2,1-4H3/b11-8-. The first kappa shape index (κ1) is 18.5. The van der Waals surface area contributed by atoms with Crippen molar-refractivity contribution in [1.82, 2.24) is 19.5 Å². The SMILES string of the molecule is CN(N)/C=C(\N)CCCN(C)C(=O)c1c(N(C)C=O)ncn1C. The summed E-state index contributed by atoms with van der Waals surface area (Å²) in [5.74, 6) is 5.62. The highest BCUT2D eigenvalue weighted by Crippen LogP contribution is 2.17. The van der Waals surface area contributed by atoms with Crippen LogP contribution < -0.4 is 16.5 Å². The Bertz CT molecular complexity index is 580. The fraction of sp³-hybridized carbons (Fsp3) is 0.500. The maximum Gasteiger partial charge on any atom is 0.274 e. The topological polar surface area (TPSA) is 114 Å². The first-order chi connectivity index (χ1) is 10.8. The summed E-state index contributed by atoms with van der Waals surface area (Å²) in [5, 5.41) is 1.39. The molecule has 1 aromatic heterocycles. The van der Waals surface area contributed by atoms with Crippen LogP contribution in [0.15, 0.2) is 18.2 Å². The highest BCUT2D eigenvalue weighted by molar-refractivity contribution is 5.99. The molecule has 0 saturated heterocycles. The number of aromatic nitrogens is 2. The Balaban J connectivity index is 2.71. The molecule has 0 saturated carbocycles. The first-order valence-corrected chi connectivity index (χ1v) is 7.16. The van der Waals surface area contributed by atoms with E-state index < -0.39 is 0 Å². The average Bonchev–Trinajstić information content (AvgIpc) is 2.86. The van der Waals surface area contributed by atoms with Crippen LogP contribution in [0.2, 0.25) is 0 Å². The molecule has 0 fully saturated rings. The summed E-state index contributed by atoms with van der Waals surface area (Å²) in [7, 11) is 6.67. The average molecular weight is 323 g/mol. The first-order valence-electron chi connectivity index (χ1n) is 7.16. The maximum absolute atomic E-state index is 12.6. The number of imidazole rings is 1. The van der Waals surface area contributed by atoms with E-state index in [0.717, 1.165) is 0 Å². The molecule has 0 unspecified atom stereocenters. The molecule has 0 aliphatic heterocycles. The van der Waals surface area contributed by atoms with E-state index in [2.05, 4.69) is 4.98 Å². The molecule has 9 heteroatoms. The molecular weight excluding hydrogens is 298 g/mol. The molecule has 2 amide bonds. The molecule has 128 valence electrons. The summed E-state index contributed by atoms with van der Waals surface area (Å²) >= 11 is 0. The number of amides is 2. The Morgan fingerprint density at radius 2 is 2.04 bits per heavy atom. The van der Waals surface area contributed by atoms with Crippen LogP contribution in [-0.4, -0.2) is 59.5 Å². The largest absolute Gasteiger partial charge is 0.401 e. The number of rotatable bonds is 8. The number of allylic oxidation sites excluding steroid dienone is 1. The number of nitrogens with zero attached hydrogens (tertiary/aromatic N) is 5. The van der Waals surface area contributed by atoms with Gasteiger partial charge in [-0.25, -0.2) is 10.8 Å². The minimum absolute atomic E-state index is 0.202. The van der Waals surface area contributed by atoms with E-state index in [1.54, 1.807) is 43.9 Å². The molecule has 0 bridgehead atoms. The molecule has 1 aromatic rings. The molecule has 0 radical (unpaired) electrons. The van der Waals surface area contributed by atoms with Gasteiger partial charge in [-0.1, -0.05) is 0 Å². The Hall–Kier alpha value is -2.55. The second-order valence-corrected chi connectivity index (χ2v) is 5.44. The van der Waals surface area contributed by atoms with Gasteiger partial charge in [0.25, 0.3) is 5.91 Å². The predicted molar refractivity (Wildman–Crippen MR) is 88.1 cm³/mol. The lowest BCUT2D eigenvalue weighted by molar-refractivity contribution is -0.107. The van der Waals surface area contributed by atoms with E-state index in [1.807, 2.05) is 0 Å². The molecule has 1 heterocycles. The van der Waals surface area contributed by atoms with Crippen molar-refractivity contribution in [1.29, 1.82) is 0 Å². The van der Waals surface area contributed by atoms with E-state index in [9.17, 15) is 9.59 Å². The quantitative estimate of drug-likeness (QED) is 0.378. The molecule has 1 rings (SSSR count). The highest BCUT2D eigenvalue weighted by atomic mass is 16.2. The van der Waals surface area contributed by atoms with Crippen molar-refractivity contribution in [2.24, 2.45) is 18.6 Å². The monoisotopic (exact) mass is 323 g/mol. The lowest BCUT2D eigenvalue weighted by Gasteiger charge is -2.19. The van der Waals surface area contributed by atoms with E-state index in [4.69, 9.17) is 11.6 Å². The van der Waals surface area contributed by atoms with Crippen LogP contribution in [0, 0.1) is 0 Å². The van der Waals surface area contributed by atoms with Gasteiger partial charge >= 0.3 is 0 Å². The maximum atomic E-state index is 12.6. The molecule has 0 atom stereocenters. The summed E-state index contributed by atoms with van der Waals surface area (Å²) in [6.07, 6.45) is 5.10. The van der Waals surface area contributed by atoms with Crippen LogP contribution in [0.5, 0.6) is 0 Å². The molecular formula is C14H25N7O2. The van der Waals surface area contributed by atoms with Gasteiger partial charge < -0.3 is 25.1 Å². The van der Waals surface area contributed by atoms with Crippen molar-refractivity contribution >= 4 is 18.1 Å². The van der Waals surface area contributed by atoms with E-state index >= 15 is 0 Å². The third-order valence-electron chi connectivity index (χ3n) is 3.29. The second kappa shape index (κ2) is 8.18. The Kier molecular flexibility index (Phi) is 6.58. The molecule has 0 aliphatic rings. The highest BCUT2D eigenvalue weighted by Gasteiger charge is 2.22. The molecule has 0 spiro atoms. The minimum Gasteiger partial charge on any atom is -0.401 e. The van der Waals surface area contributed by atoms with Crippen LogP contribution >= 0.6 is 0 Å². The van der Waals surface area contributed by atoms with Gasteiger partial charge in [0.15, 0.2) is 11.5 Å². The van der Waals surface area contributed by atoms with Gasteiger partial charge in [0.2, 0.25) is 6.41 Å². The Morgan fingerprint density at radius 1 is 1.39 bits per heavy atom. The summed E-state index contributed by atoms with van der Waals surface area (Å²) in [6.45, 7) is 0.525. The Labute approximate surface area is 136 Å².